The quantitative estimate of drug-likeness (QED) is 0.547. The van der Waals surface area contributed by atoms with Crippen LogP contribution in [0.3, 0.4) is 0 Å². The monoisotopic (exact) mass is 416 g/mol. The number of rotatable bonds is 3. The molecule has 3 nitrogen and oxygen atoms in total. The maximum atomic E-state index is 12.2. The number of halogens is 1. The summed E-state index contributed by atoms with van der Waals surface area (Å²) in [6, 6.07) is 6.02. The van der Waals surface area contributed by atoms with Crippen molar-refractivity contribution in [2.45, 2.75) is 33.6 Å². The highest BCUT2D eigenvalue weighted by Gasteiger charge is 2.18. The molecule has 1 aromatic heterocycles. The van der Waals surface area contributed by atoms with Gasteiger partial charge in [0.15, 0.2) is 0 Å². The van der Waals surface area contributed by atoms with E-state index in [1.165, 1.54) is 11.3 Å². The van der Waals surface area contributed by atoms with Crippen LogP contribution in [0.15, 0.2) is 18.2 Å². The minimum absolute atomic E-state index is 0.455. The van der Waals surface area contributed by atoms with Gasteiger partial charge in [-0.3, -0.25) is 0 Å². The van der Waals surface area contributed by atoms with Crippen LogP contribution in [0.4, 0.5) is 0 Å². The van der Waals surface area contributed by atoms with E-state index in [2.05, 4.69) is 55.4 Å². The third-order valence-electron chi connectivity index (χ3n) is 3.73. The molecule has 2 aromatic rings. The molecule has 0 bridgehead atoms. The van der Waals surface area contributed by atoms with E-state index in [1.807, 2.05) is 22.9 Å². The SMILES string of the molecule is Cc1cc(P(C)(C)=O)ccc1-n1nc(I)c(C(C)C)c1C. The lowest BCUT2D eigenvalue weighted by molar-refractivity contribution is 0.588. The van der Waals surface area contributed by atoms with Gasteiger partial charge in [-0.1, -0.05) is 13.8 Å². The standard InChI is InChI=1S/C16H22IN2OP/c1-10(2)15-12(4)19(18-16(15)17)14-8-7-13(9-11(14)3)21(5,6)20/h7-10H,1-6H3. The minimum Gasteiger partial charge on any atom is -0.319 e. The molecular formula is C16H22IN2OP. The molecule has 0 atom stereocenters. The molecule has 0 aliphatic rings. The molecule has 2 rings (SSSR count). The molecule has 0 radical (unpaired) electrons. The second-order valence-electron chi connectivity index (χ2n) is 6.18. The van der Waals surface area contributed by atoms with Gasteiger partial charge in [0.25, 0.3) is 0 Å². The van der Waals surface area contributed by atoms with Crippen LogP contribution in [0.25, 0.3) is 5.69 Å². The Morgan fingerprint density at radius 3 is 2.29 bits per heavy atom. The van der Waals surface area contributed by atoms with E-state index in [9.17, 15) is 4.57 Å². The van der Waals surface area contributed by atoms with Crippen molar-refractivity contribution in [2.75, 3.05) is 13.3 Å². The molecule has 0 amide bonds. The largest absolute Gasteiger partial charge is 0.319 e. The summed E-state index contributed by atoms with van der Waals surface area (Å²) in [6.07, 6.45) is 0. The van der Waals surface area contributed by atoms with Gasteiger partial charge in [-0.15, -0.1) is 0 Å². The molecular weight excluding hydrogens is 394 g/mol. The van der Waals surface area contributed by atoms with Crippen LogP contribution in [0.1, 0.15) is 36.6 Å². The molecule has 0 aliphatic heterocycles. The van der Waals surface area contributed by atoms with Crippen molar-refractivity contribution >= 4 is 35.0 Å². The zero-order valence-corrected chi connectivity index (χ0v) is 16.5. The van der Waals surface area contributed by atoms with E-state index in [0.29, 0.717) is 5.92 Å². The smallest absolute Gasteiger partial charge is 0.127 e. The van der Waals surface area contributed by atoms with Crippen LogP contribution in [0.5, 0.6) is 0 Å². The Balaban J connectivity index is 2.59. The van der Waals surface area contributed by atoms with Crippen molar-refractivity contribution in [2.24, 2.45) is 0 Å². The molecule has 0 N–H and O–H groups in total. The van der Waals surface area contributed by atoms with Crippen molar-refractivity contribution < 1.29 is 4.57 Å². The number of hydrogen-bond donors (Lipinski definition) is 0. The van der Waals surface area contributed by atoms with Crippen molar-refractivity contribution in [3.05, 3.63) is 38.7 Å². The normalized spacial score (nSPS) is 12.2. The topological polar surface area (TPSA) is 34.9 Å². The summed E-state index contributed by atoms with van der Waals surface area (Å²) in [5.74, 6) is 0.455. The first-order valence-electron chi connectivity index (χ1n) is 7.04. The number of benzene rings is 1. The Morgan fingerprint density at radius 1 is 1.24 bits per heavy atom. The van der Waals surface area contributed by atoms with Gasteiger partial charge in [-0.2, -0.15) is 5.10 Å². The van der Waals surface area contributed by atoms with Gasteiger partial charge in [0.2, 0.25) is 0 Å². The fraction of sp³-hybridized carbons (Fsp3) is 0.438. The lowest BCUT2D eigenvalue weighted by atomic mass is 10.0. The van der Waals surface area contributed by atoms with Gasteiger partial charge in [-0.25, -0.2) is 4.68 Å². The zero-order chi connectivity index (χ0) is 15.9. The Labute approximate surface area is 140 Å². The summed E-state index contributed by atoms with van der Waals surface area (Å²) < 4.78 is 15.3. The summed E-state index contributed by atoms with van der Waals surface area (Å²) in [5.41, 5.74) is 4.65. The highest BCUT2D eigenvalue weighted by molar-refractivity contribution is 14.1. The number of hydrogen-bond acceptors (Lipinski definition) is 2. The lowest BCUT2D eigenvalue weighted by Gasteiger charge is -2.13. The van der Waals surface area contributed by atoms with Gasteiger partial charge in [0, 0.05) is 16.6 Å². The second kappa shape index (κ2) is 5.88. The molecule has 0 spiro atoms. The molecule has 5 heteroatoms. The number of aromatic nitrogens is 2. The van der Waals surface area contributed by atoms with Gasteiger partial charge >= 0.3 is 0 Å². The average molecular weight is 416 g/mol. The third-order valence-corrected chi connectivity index (χ3v) is 6.04. The second-order valence-corrected chi connectivity index (χ2v) is 10.4. The molecule has 1 heterocycles. The molecule has 0 saturated carbocycles. The fourth-order valence-corrected chi connectivity index (χ4v) is 4.75. The van der Waals surface area contributed by atoms with E-state index in [4.69, 9.17) is 0 Å². The molecule has 0 unspecified atom stereocenters. The Hall–Kier alpha value is -0.610. The van der Waals surface area contributed by atoms with Gasteiger partial charge in [0.1, 0.15) is 10.8 Å². The predicted molar refractivity (Wildman–Crippen MR) is 98.9 cm³/mol. The summed E-state index contributed by atoms with van der Waals surface area (Å²) in [5, 5.41) is 5.61. The van der Waals surface area contributed by atoms with Crippen LogP contribution < -0.4 is 5.30 Å². The Kier molecular flexibility index (Phi) is 4.69. The van der Waals surface area contributed by atoms with Crippen molar-refractivity contribution in [3.8, 4) is 5.69 Å². The van der Waals surface area contributed by atoms with Crippen LogP contribution in [-0.2, 0) is 4.57 Å². The van der Waals surface area contributed by atoms with E-state index in [-0.39, 0.29) is 0 Å². The van der Waals surface area contributed by atoms with E-state index in [1.54, 1.807) is 13.3 Å². The van der Waals surface area contributed by atoms with Gasteiger partial charge in [-0.05, 0) is 79.4 Å². The molecule has 0 saturated heterocycles. The average Bonchev–Trinajstić information content (AvgIpc) is 2.63. The van der Waals surface area contributed by atoms with Crippen LogP contribution in [0.2, 0.25) is 0 Å². The van der Waals surface area contributed by atoms with Crippen LogP contribution >= 0.6 is 29.7 Å². The summed E-state index contributed by atoms with van der Waals surface area (Å²) in [6.45, 7) is 12.2. The Bertz CT molecular complexity index is 728. The number of aryl methyl sites for hydroxylation is 1. The first-order chi connectivity index (χ1) is 9.62. The van der Waals surface area contributed by atoms with Gasteiger partial charge < -0.3 is 4.57 Å². The summed E-state index contributed by atoms with van der Waals surface area (Å²) >= 11 is 2.30. The molecule has 114 valence electrons. The van der Waals surface area contributed by atoms with E-state index < -0.39 is 7.14 Å². The first kappa shape index (κ1) is 16.8. The van der Waals surface area contributed by atoms with Crippen molar-refractivity contribution in [1.29, 1.82) is 0 Å². The number of nitrogens with zero attached hydrogens (tertiary/aromatic N) is 2. The maximum absolute atomic E-state index is 12.2. The Morgan fingerprint density at radius 2 is 1.86 bits per heavy atom. The van der Waals surface area contributed by atoms with Crippen LogP contribution in [-0.4, -0.2) is 23.1 Å². The fourth-order valence-electron chi connectivity index (χ4n) is 2.58. The molecule has 21 heavy (non-hydrogen) atoms. The van der Waals surface area contributed by atoms with Crippen LogP contribution in [0, 0.1) is 17.5 Å². The first-order valence-corrected chi connectivity index (χ1v) is 10.7. The molecule has 0 aliphatic carbocycles. The van der Waals surface area contributed by atoms with Gasteiger partial charge in [0.05, 0.1) is 5.69 Å². The molecule has 1 aromatic carbocycles. The van der Waals surface area contributed by atoms with E-state index in [0.717, 1.165) is 20.3 Å². The lowest BCUT2D eigenvalue weighted by Crippen LogP contribution is -2.08. The maximum Gasteiger partial charge on any atom is 0.127 e. The van der Waals surface area contributed by atoms with E-state index >= 15 is 0 Å². The molecule has 0 fully saturated rings. The summed E-state index contributed by atoms with van der Waals surface area (Å²) in [4.78, 5) is 0. The third kappa shape index (κ3) is 3.26. The predicted octanol–water partition coefficient (Wildman–Crippen LogP) is 4.47. The zero-order valence-electron chi connectivity index (χ0n) is 13.4. The highest BCUT2D eigenvalue weighted by Crippen LogP contribution is 2.35. The highest BCUT2D eigenvalue weighted by atomic mass is 127. The minimum atomic E-state index is -2.22. The summed E-state index contributed by atoms with van der Waals surface area (Å²) in [7, 11) is -2.22. The van der Waals surface area contributed by atoms with Crippen molar-refractivity contribution in [1.82, 2.24) is 9.78 Å². The van der Waals surface area contributed by atoms with Crippen molar-refractivity contribution in [3.63, 3.8) is 0 Å².